The van der Waals surface area contributed by atoms with E-state index in [-0.39, 0.29) is 12.5 Å². The molecule has 86 valence electrons. The predicted molar refractivity (Wildman–Crippen MR) is 61.6 cm³/mol. The predicted octanol–water partition coefficient (Wildman–Crippen LogP) is 0.644. The fraction of sp³-hybridized carbons (Fsp3) is 0.455. The fourth-order valence-electron chi connectivity index (χ4n) is 1.70. The van der Waals surface area contributed by atoms with Gasteiger partial charge in [0.2, 0.25) is 5.91 Å². The number of rotatable bonds is 2. The van der Waals surface area contributed by atoms with Crippen LogP contribution in [0.2, 0.25) is 0 Å². The van der Waals surface area contributed by atoms with Crippen molar-refractivity contribution in [3.63, 3.8) is 0 Å². The quantitative estimate of drug-likeness (QED) is 0.744. The molecule has 1 aromatic heterocycles. The first kappa shape index (κ1) is 10.7. The Kier molecular flexibility index (Phi) is 2.94. The van der Waals surface area contributed by atoms with Crippen molar-refractivity contribution >= 4 is 11.6 Å². The lowest BCUT2D eigenvalue weighted by molar-refractivity contribution is -0.131. The topological polar surface area (TPSA) is 64.2 Å². The average Bonchev–Trinajstić information content (AvgIpc) is 2.65. The minimum absolute atomic E-state index is 0.0897. The Labute approximate surface area is 94.5 Å². The van der Waals surface area contributed by atoms with Gasteiger partial charge in [-0.25, -0.2) is 0 Å². The summed E-state index contributed by atoms with van der Waals surface area (Å²) >= 11 is 0. The lowest BCUT2D eigenvalue weighted by Crippen LogP contribution is -2.37. The summed E-state index contributed by atoms with van der Waals surface area (Å²) < 4.78 is 1.57. The molecule has 0 aliphatic carbocycles. The molecule has 0 aromatic carbocycles. The van der Waals surface area contributed by atoms with Gasteiger partial charge in [-0.3, -0.25) is 9.48 Å². The summed E-state index contributed by atoms with van der Waals surface area (Å²) in [6, 6.07) is 0. The number of amides is 1. The molecule has 1 aliphatic rings. The summed E-state index contributed by atoms with van der Waals surface area (Å²) in [7, 11) is 0. The second kappa shape index (κ2) is 4.38. The zero-order valence-electron chi connectivity index (χ0n) is 9.39. The third-order valence-corrected chi connectivity index (χ3v) is 2.74. The second-order valence-corrected chi connectivity index (χ2v) is 4.11. The van der Waals surface area contributed by atoms with E-state index in [9.17, 15) is 4.79 Å². The van der Waals surface area contributed by atoms with E-state index in [2.05, 4.69) is 18.1 Å². The standard InChI is InChI=1S/C11H16N4O/c1-9-2-4-14(5-3-9)11(16)8-15-7-10(12)6-13-15/h2,6-7H,3-5,8,12H2,1H3. The molecule has 2 heterocycles. The van der Waals surface area contributed by atoms with Crippen LogP contribution in [0.1, 0.15) is 13.3 Å². The molecule has 16 heavy (non-hydrogen) atoms. The Bertz CT molecular complexity index is 421. The molecule has 1 amide bonds. The maximum Gasteiger partial charge on any atom is 0.244 e. The number of nitrogen functional groups attached to an aromatic ring is 1. The van der Waals surface area contributed by atoms with Crippen molar-refractivity contribution in [1.29, 1.82) is 0 Å². The van der Waals surface area contributed by atoms with Crippen LogP contribution in [-0.2, 0) is 11.3 Å². The van der Waals surface area contributed by atoms with Gasteiger partial charge >= 0.3 is 0 Å². The van der Waals surface area contributed by atoms with Crippen LogP contribution >= 0.6 is 0 Å². The number of anilines is 1. The molecule has 1 aliphatic heterocycles. The Hall–Kier alpha value is -1.78. The van der Waals surface area contributed by atoms with Gasteiger partial charge in [-0.2, -0.15) is 5.10 Å². The maximum absolute atomic E-state index is 11.9. The molecule has 5 heteroatoms. The van der Waals surface area contributed by atoms with Crippen molar-refractivity contribution in [2.75, 3.05) is 18.8 Å². The smallest absolute Gasteiger partial charge is 0.244 e. The molecule has 0 saturated carbocycles. The van der Waals surface area contributed by atoms with Gasteiger partial charge in [0.25, 0.3) is 0 Å². The minimum Gasteiger partial charge on any atom is -0.396 e. The summed E-state index contributed by atoms with van der Waals surface area (Å²) in [6.07, 6.45) is 6.28. The first-order chi connectivity index (χ1) is 7.65. The van der Waals surface area contributed by atoms with Crippen molar-refractivity contribution in [3.05, 3.63) is 24.0 Å². The highest BCUT2D eigenvalue weighted by molar-refractivity contribution is 5.76. The van der Waals surface area contributed by atoms with E-state index in [1.54, 1.807) is 17.1 Å². The van der Waals surface area contributed by atoms with Gasteiger partial charge in [0, 0.05) is 19.3 Å². The first-order valence-corrected chi connectivity index (χ1v) is 5.36. The summed E-state index contributed by atoms with van der Waals surface area (Å²) in [6.45, 7) is 3.87. The van der Waals surface area contributed by atoms with Gasteiger partial charge in [-0.1, -0.05) is 11.6 Å². The minimum atomic E-state index is 0.0897. The fourth-order valence-corrected chi connectivity index (χ4v) is 1.70. The van der Waals surface area contributed by atoms with Crippen molar-refractivity contribution < 1.29 is 4.79 Å². The lowest BCUT2D eigenvalue weighted by atomic mass is 10.1. The van der Waals surface area contributed by atoms with Crippen LogP contribution in [0.3, 0.4) is 0 Å². The van der Waals surface area contributed by atoms with Gasteiger partial charge in [0.1, 0.15) is 6.54 Å². The van der Waals surface area contributed by atoms with Crippen LogP contribution in [0.25, 0.3) is 0 Å². The molecular formula is C11H16N4O. The average molecular weight is 220 g/mol. The van der Waals surface area contributed by atoms with E-state index < -0.39 is 0 Å². The Balaban J connectivity index is 1.94. The van der Waals surface area contributed by atoms with E-state index >= 15 is 0 Å². The number of carbonyl (C=O) groups excluding carboxylic acids is 1. The number of hydrogen-bond acceptors (Lipinski definition) is 3. The van der Waals surface area contributed by atoms with E-state index in [1.165, 1.54) is 5.57 Å². The molecule has 0 spiro atoms. The highest BCUT2D eigenvalue weighted by atomic mass is 16.2. The monoisotopic (exact) mass is 220 g/mol. The molecule has 2 rings (SSSR count). The number of aromatic nitrogens is 2. The molecule has 0 bridgehead atoms. The van der Waals surface area contributed by atoms with Gasteiger partial charge < -0.3 is 10.6 Å². The van der Waals surface area contributed by atoms with Crippen molar-refractivity contribution in [3.8, 4) is 0 Å². The third kappa shape index (κ3) is 2.42. The SMILES string of the molecule is CC1=CCN(C(=O)Cn2cc(N)cn2)CC1. The number of carbonyl (C=O) groups is 1. The third-order valence-electron chi connectivity index (χ3n) is 2.74. The number of nitrogens with two attached hydrogens (primary N) is 1. The number of hydrogen-bond donors (Lipinski definition) is 1. The van der Waals surface area contributed by atoms with Crippen LogP contribution in [0, 0.1) is 0 Å². The molecule has 0 fully saturated rings. The molecule has 5 nitrogen and oxygen atoms in total. The molecule has 1 aromatic rings. The highest BCUT2D eigenvalue weighted by Gasteiger charge is 2.16. The summed E-state index contributed by atoms with van der Waals surface area (Å²) in [5, 5.41) is 3.99. The van der Waals surface area contributed by atoms with Gasteiger partial charge in [0.05, 0.1) is 11.9 Å². The van der Waals surface area contributed by atoms with Crippen LogP contribution < -0.4 is 5.73 Å². The second-order valence-electron chi connectivity index (χ2n) is 4.11. The van der Waals surface area contributed by atoms with Crippen LogP contribution in [0.15, 0.2) is 24.0 Å². The Morgan fingerprint density at radius 2 is 2.44 bits per heavy atom. The molecular weight excluding hydrogens is 204 g/mol. The van der Waals surface area contributed by atoms with E-state index in [1.807, 2.05) is 4.90 Å². The molecule has 0 saturated heterocycles. The summed E-state index contributed by atoms with van der Waals surface area (Å²) in [4.78, 5) is 13.7. The summed E-state index contributed by atoms with van der Waals surface area (Å²) in [5.41, 5.74) is 7.47. The van der Waals surface area contributed by atoms with Crippen LogP contribution in [0.4, 0.5) is 5.69 Å². The van der Waals surface area contributed by atoms with Crippen molar-refractivity contribution in [2.45, 2.75) is 19.9 Å². The van der Waals surface area contributed by atoms with Gasteiger partial charge in [0.15, 0.2) is 0 Å². The van der Waals surface area contributed by atoms with Crippen LogP contribution in [0.5, 0.6) is 0 Å². The van der Waals surface area contributed by atoms with E-state index in [0.29, 0.717) is 12.2 Å². The zero-order valence-corrected chi connectivity index (χ0v) is 9.39. The van der Waals surface area contributed by atoms with Crippen molar-refractivity contribution in [2.24, 2.45) is 0 Å². The van der Waals surface area contributed by atoms with Crippen molar-refractivity contribution in [1.82, 2.24) is 14.7 Å². The van der Waals surface area contributed by atoms with E-state index in [0.717, 1.165) is 13.0 Å². The number of nitrogens with zero attached hydrogens (tertiary/aromatic N) is 3. The normalized spacial score (nSPS) is 16.1. The van der Waals surface area contributed by atoms with Gasteiger partial charge in [-0.05, 0) is 13.3 Å². The lowest BCUT2D eigenvalue weighted by Gasteiger charge is -2.25. The van der Waals surface area contributed by atoms with E-state index in [4.69, 9.17) is 5.73 Å². The Morgan fingerprint density at radius 3 is 3.00 bits per heavy atom. The first-order valence-electron chi connectivity index (χ1n) is 5.36. The van der Waals surface area contributed by atoms with Crippen LogP contribution in [-0.4, -0.2) is 33.7 Å². The molecule has 0 unspecified atom stereocenters. The Morgan fingerprint density at radius 1 is 1.62 bits per heavy atom. The summed E-state index contributed by atoms with van der Waals surface area (Å²) in [5.74, 6) is 0.0897. The molecule has 2 N–H and O–H groups in total. The zero-order chi connectivity index (χ0) is 11.5. The van der Waals surface area contributed by atoms with Gasteiger partial charge in [-0.15, -0.1) is 0 Å². The highest BCUT2D eigenvalue weighted by Crippen LogP contribution is 2.10. The maximum atomic E-state index is 11.9. The molecule has 0 atom stereocenters. The largest absolute Gasteiger partial charge is 0.396 e. The molecule has 0 radical (unpaired) electrons.